The normalized spacial score (nSPS) is 13.5. The number of nitriles is 1. The first-order valence-corrected chi connectivity index (χ1v) is 13.4. The highest BCUT2D eigenvalue weighted by atomic mass is 32.2. The zero-order valence-corrected chi connectivity index (χ0v) is 21.4. The lowest BCUT2D eigenvalue weighted by Gasteiger charge is -2.28. The molecule has 0 unspecified atom stereocenters. The highest BCUT2D eigenvalue weighted by Crippen LogP contribution is 2.29. The van der Waals surface area contributed by atoms with Gasteiger partial charge in [0.15, 0.2) is 0 Å². The lowest BCUT2D eigenvalue weighted by molar-refractivity contribution is 0.0980. The molecule has 3 aromatic carbocycles. The molecule has 1 aromatic heterocycles. The largest absolute Gasteiger partial charge is 0.302 e. The molecular weight excluding hydrogens is 505 g/mol. The van der Waals surface area contributed by atoms with Gasteiger partial charge in [-0.2, -0.15) is 14.7 Å². The molecule has 0 radical (unpaired) electrons. The number of halogens is 1. The number of nitrogens with zero attached hydrogens (tertiary/aromatic N) is 5. The number of carbonyl (C=O) groups is 1. The van der Waals surface area contributed by atoms with Gasteiger partial charge in [-0.05, 0) is 42.5 Å². The van der Waals surface area contributed by atoms with Crippen molar-refractivity contribution in [3.8, 4) is 6.07 Å². The first kappa shape index (κ1) is 25.3. The van der Waals surface area contributed by atoms with E-state index in [0.29, 0.717) is 23.4 Å². The molecule has 8 nitrogen and oxygen atoms in total. The van der Waals surface area contributed by atoms with Gasteiger partial charge in [-0.1, -0.05) is 36.4 Å². The summed E-state index contributed by atoms with van der Waals surface area (Å²) in [6, 6.07) is 22.6. The monoisotopic (exact) mass is 529 g/mol. The maximum Gasteiger partial charge on any atom is 0.261 e. The van der Waals surface area contributed by atoms with E-state index >= 15 is 0 Å². The number of aryl methyl sites for hydroxylation is 1. The Hall–Kier alpha value is -4.33. The molecule has 0 aliphatic carbocycles. The molecule has 10 heteroatoms. The molecule has 1 aliphatic rings. The number of amides is 1. The maximum atomic E-state index is 14.6. The summed E-state index contributed by atoms with van der Waals surface area (Å²) in [5.74, 6) is -1.15. The Kier molecular flexibility index (Phi) is 6.80. The predicted molar refractivity (Wildman–Crippen MR) is 139 cm³/mol. The lowest BCUT2D eigenvalue weighted by Crippen LogP contribution is -2.37. The number of fused-ring (bicyclic) bond motifs is 1. The van der Waals surface area contributed by atoms with Gasteiger partial charge in [0.2, 0.25) is 10.0 Å². The van der Waals surface area contributed by atoms with Crippen molar-refractivity contribution in [3.63, 3.8) is 0 Å². The molecule has 1 amide bonds. The third-order valence-electron chi connectivity index (χ3n) is 6.62. The van der Waals surface area contributed by atoms with E-state index < -0.39 is 21.7 Å². The molecule has 0 spiro atoms. The molecule has 0 saturated heterocycles. The number of aromatic nitrogens is 2. The van der Waals surface area contributed by atoms with Gasteiger partial charge in [0.1, 0.15) is 5.82 Å². The fourth-order valence-corrected chi connectivity index (χ4v) is 6.13. The van der Waals surface area contributed by atoms with Crippen molar-refractivity contribution in [2.45, 2.75) is 24.4 Å². The van der Waals surface area contributed by atoms with Gasteiger partial charge in [-0.3, -0.25) is 9.48 Å². The highest BCUT2D eigenvalue weighted by molar-refractivity contribution is 7.89. The molecule has 1 aliphatic heterocycles. The summed E-state index contributed by atoms with van der Waals surface area (Å²) < 4.78 is 44.5. The van der Waals surface area contributed by atoms with Gasteiger partial charge < -0.3 is 4.90 Å². The molecule has 5 rings (SSSR count). The van der Waals surface area contributed by atoms with Crippen LogP contribution >= 0.6 is 0 Å². The molecule has 0 atom stereocenters. The third kappa shape index (κ3) is 4.69. The van der Waals surface area contributed by atoms with Crippen LogP contribution in [0.4, 0.5) is 10.1 Å². The van der Waals surface area contributed by atoms with Crippen LogP contribution in [0, 0.1) is 17.1 Å². The average molecular weight is 530 g/mol. The Bertz CT molecular complexity index is 1660. The fourth-order valence-electron chi connectivity index (χ4n) is 4.67. The minimum absolute atomic E-state index is 0.0260. The molecule has 4 aromatic rings. The standard InChI is InChI=1S/C28H24FN5O3S/c1-32-27-14-15-33(38(36,37)22-11-7-8-20(16-22)17-30)18-24(27)26(31-32)19-34(21-9-3-2-4-10-21)28(35)23-12-5-6-13-25(23)29/h2-13,16H,14-15,18-19H2,1H3. The Morgan fingerprint density at radius 2 is 1.82 bits per heavy atom. The van der Waals surface area contributed by atoms with Crippen LogP contribution in [0.5, 0.6) is 0 Å². The van der Waals surface area contributed by atoms with E-state index in [9.17, 15) is 22.9 Å². The maximum absolute atomic E-state index is 14.6. The van der Waals surface area contributed by atoms with Gasteiger partial charge in [0, 0.05) is 43.5 Å². The van der Waals surface area contributed by atoms with Crippen LogP contribution < -0.4 is 4.90 Å². The number of carbonyl (C=O) groups excluding carboxylic acids is 1. The van der Waals surface area contributed by atoms with E-state index in [4.69, 9.17) is 0 Å². The molecule has 2 heterocycles. The number of hydrogen-bond acceptors (Lipinski definition) is 5. The van der Waals surface area contributed by atoms with Crippen LogP contribution in [-0.2, 0) is 36.6 Å². The van der Waals surface area contributed by atoms with Crippen LogP contribution in [0.1, 0.15) is 32.9 Å². The van der Waals surface area contributed by atoms with Crippen molar-refractivity contribution in [2.24, 2.45) is 7.05 Å². The lowest BCUT2D eigenvalue weighted by atomic mass is 10.1. The number of benzene rings is 3. The summed E-state index contributed by atoms with van der Waals surface area (Å²) in [6.45, 7) is 0.341. The van der Waals surface area contributed by atoms with Crippen molar-refractivity contribution in [1.82, 2.24) is 14.1 Å². The molecule has 0 N–H and O–H groups in total. The van der Waals surface area contributed by atoms with Crippen molar-refractivity contribution < 1.29 is 17.6 Å². The molecule has 0 fully saturated rings. The van der Waals surface area contributed by atoms with Crippen molar-refractivity contribution in [2.75, 3.05) is 11.4 Å². The summed E-state index contributed by atoms with van der Waals surface area (Å²) in [5, 5.41) is 13.8. The number of anilines is 1. The first-order valence-electron chi connectivity index (χ1n) is 11.9. The summed E-state index contributed by atoms with van der Waals surface area (Å²) in [4.78, 5) is 15.0. The molecule has 0 saturated carbocycles. The topological polar surface area (TPSA) is 99.3 Å². The van der Waals surface area contributed by atoms with E-state index in [1.807, 2.05) is 12.1 Å². The summed E-state index contributed by atoms with van der Waals surface area (Å²) >= 11 is 0. The van der Waals surface area contributed by atoms with Crippen LogP contribution in [0.25, 0.3) is 0 Å². The van der Waals surface area contributed by atoms with Crippen LogP contribution in [0.2, 0.25) is 0 Å². The Morgan fingerprint density at radius 3 is 2.55 bits per heavy atom. The van der Waals surface area contributed by atoms with E-state index in [2.05, 4.69) is 5.10 Å². The highest BCUT2D eigenvalue weighted by Gasteiger charge is 2.33. The number of para-hydroxylation sites is 1. The Labute approximate surface area is 220 Å². The number of hydrogen-bond donors (Lipinski definition) is 0. The van der Waals surface area contributed by atoms with Crippen molar-refractivity contribution in [1.29, 1.82) is 5.26 Å². The smallest absolute Gasteiger partial charge is 0.261 e. The Morgan fingerprint density at radius 1 is 1.08 bits per heavy atom. The second-order valence-electron chi connectivity index (χ2n) is 8.93. The summed E-state index contributed by atoms with van der Waals surface area (Å²) in [5.41, 5.74) is 2.87. The van der Waals surface area contributed by atoms with Crippen molar-refractivity contribution in [3.05, 3.63) is 113 Å². The zero-order chi connectivity index (χ0) is 26.9. The Balaban J connectivity index is 1.51. The first-order chi connectivity index (χ1) is 18.3. The van der Waals surface area contributed by atoms with Crippen LogP contribution in [0.3, 0.4) is 0 Å². The van der Waals surface area contributed by atoms with Gasteiger partial charge in [0.05, 0.1) is 34.3 Å². The minimum atomic E-state index is -3.88. The SMILES string of the molecule is Cn1nc(CN(C(=O)c2ccccc2F)c2ccccc2)c2c1CCN(S(=O)(=O)c1cccc(C#N)c1)C2. The molecule has 0 bridgehead atoms. The number of rotatable bonds is 6. The van der Waals surface area contributed by atoms with Gasteiger partial charge >= 0.3 is 0 Å². The van der Waals surface area contributed by atoms with E-state index in [1.165, 1.54) is 39.5 Å². The third-order valence-corrected chi connectivity index (χ3v) is 8.46. The molecular formula is C28H24FN5O3S. The van der Waals surface area contributed by atoms with Crippen LogP contribution in [0.15, 0.2) is 83.8 Å². The second-order valence-corrected chi connectivity index (χ2v) is 10.9. The zero-order valence-electron chi connectivity index (χ0n) is 20.6. The number of sulfonamides is 1. The van der Waals surface area contributed by atoms with Crippen molar-refractivity contribution >= 4 is 21.6 Å². The summed E-state index contributed by atoms with van der Waals surface area (Å²) in [6.07, 6.45) is 0.433. The van der Waals surface area contributed by atoms with Gasteiger partial charge in [0.25, 0.3) is 5.91 Å². The second kappa shape index (κ2) is 10.2. The van der Waals surface area contributed by atoms with E-state index in [1.54, 1.807) is 54.2 Å². The van der Waals surface area contributed by atoms with E-state index in [0.717, 1.165) is 5.69 Å². The molecule has 192 valence electrons. The predicted octanol–water partition coefficient (Wildman–Crippen LogP) is 4.02. The average Bonchev–Trinajstić information content (AvgIpc) is 3.26. The van der Waals surface area contributed by atoms with Gasteiger partial charge in [-0.25, -0.2) is 12.8 Å². The quantitative estimate of drug-likeness (QED) is 0.376. The van der Waals surface area contributed by atoms with Gasteiger partial charge in [-0.15, -0.1) is 0 Å². The van der Waals surface area contributed by atoms with Crippen LogP contribution in [-0.4, -0.2) is 35.0 Å². The van der Waals surface area contributed by atoms with E-state index in [-0.39, 0.29) is 35.7 Å². The summed E-state index contributed by atoms with van der Waals surface area (Å²) in [7, 11) is -2.09. The fraction of sp³-hybridized carbons (Fsp3) is 0.179. The molecule has 38 heavy (non-hydrogen) atoms. The minimum Gasteiger partial charge on any atom is -0.302 e.